The van der Waals surface area contributed by atoms with E-state index in [-0.39, 0.29) is 0 Å². The van der Waals surface area contributed by atoms with Crippen LogP contribution in [0.2, 0.25) is 0 Å². The van der Waals surface area contributed by atoms with Crippen molar-refractivity contribution in [1.82, 2.24) is 9.13 Å². The van der Waals surface area contributed by atoms with Gasteiger partial charge in [0.25, 0.3) is 0 Å². The van der Waals surface area contributed by atoms with Crippen molar-refractivity contribution in [3.05, 3.63) is 162 Å². The molecule has 0 amide bonds. The highest BCUT2D eigenvalue weighted by molar-refractivity contribution is 6.09. The first-order valence-electron chi connectivity index (χ1n) is 16.2. The summed E-state index contributed by atoms with van der Waals surface area (Å²) in [5, 5.41) is 23.9. The number of fused-ring (bicyclic) bond motifs is 6. The number of para-hydroxylation sites is 3. The molecule has 0 atom stereocenters. The summed E-state index contributed by atoms with van der Waals surface area (Å²) < 4.78 is 4.68. The maximum Gasteiger partial charge on any atom is 0.0998 e. The van der Waals surface area contributed by atoms with Crippen molar-refractivity contribution in [3.8, 4) is 45.8 Å². The van der Waals surface area contributed by atoms with E-state index in [0.29, 0.717) is 16.7 Å². The van der Waals surface area contributed by atoms with Gasteiger partial charge >= 0.3 is 0 Å². The van der Waals surface area contributed by atoms with Gasteiger partial charge in [-0.2, -0.15) is 10.5 Å². The molecule has 224 valence electrons. The molecule has 9 rings (SSSR count). The van der Waals surface area contributed by atoms with Crippen molar-refractivity contribution in [2.75, 3.05) is 0 Å². The third-order valence-electron chi connectivity index (χ3n) is 9.67. The monoisotopic (exact) mass is 612 g/mol. The Morgan fingerprint density at radius 3 is 1.75 bits per heavy atom. The first kappa shape index (κ1) is 27.7. The number of rotatable bonds is 4. The standard InChI is InChI=1S/C44H28N4/c45-27-31-13-7-14-32(28-46)43(31)39-21-10-20-38-37-19-3-6-24-42(37)48(44(38)39)34-16-9-12-30(26-34)29-11-8-15-33(25-29)47-40-22-4-1-17-35(40)36-18-2-5-23-41(36)47/h1-2,4-18,20-26H,3,19H2. The fourth-order valence-corrected chi connectivity index (χ4v) is 7.63. The third kappa shape index (κ3) is 4.14. The smallest absolute Gasteiger partial charge is 0.0998 e. The van der Waals surface area contributed by atoms with Crippen LogP contribution in [0.4, 0.5) is 0 Å². The Morgan fingerprint density at radius 1 is 0.542 bits per heavy atom. The summed E-state index contributed by atoms with van der Waals surface area (Å²) in [4.78, 5) is 0. The molecule has 4 heteroatoms. The minimum atomic E-state index is 0.499. The van der Waals surface area contributed by atoms with Gasteiger partial charge in [0.2, 0.25) is 0 Å². The maximum atomic E-state index is 10.1. The van der Waals surface area contributed by atoms with E-state index in [9.17, 15) is 10.5 Å². The topological polar surface area (TPSA) is 57.4 Å². The molecule has 0 saturated carbocycles. The fraction of sp³-hybridized carbons (Fsp3) is 0.0455. The molecule has 8 aromatic rings. The summed E-state index contributed by atoms with van der Waals surface area (Å²) in [5.41, 5.74) is 12.8. The Labute approximate surface area is 278 Å². The summed E-state index contributed by atoms with van der Waals surface area (Å²) in [6.07, 6.45) is 6.37. The number of benzene rings is 6. The van der Waals surface area contributed by atoms with E-state index in [1.54, 1.807) is 18.2 Å². The number of allylic oxidation sites excluding steroid dienone is 1. The summed E-state index contributed by atoms with van der Waals surface area (Å²) in [7, 11) is 0. The molecule has 48 heavy (non-hydrogen) atoms. The predicted molar refractivity (Wildman–Crippen MR) is 195 cm³/mol. The molecule has 0 bridgehead atoms. The van der Waals surface area contributed by atoms with Crippen molar-refractivity contribution >= 4 is 38.8 Å². The van der Waals surface area contributed by atoms with Crippen LogP contribution in [-0.4, -0.2) is 9.13 Å². The van der Waals surface area contributed by atoms with Gasteiger partial charge in [-0.3, -0.25) is 0 Å². The lowest BCUT2D eigenvalue weighted by atomic mass is 9.92. The molecule has 0 radical (unpaired) electrons. The van der Waals surface area contributed by atoms with Crippen LogP contribution >= 0.6 is 0 Å². The van der Waals surface area contributed by atoms with Gasteiger partial charge in [0, 0.05) is 44.4 Å². The zero-order chi connectivity index (χ0) is 32.2. The van der Waals surface area contributed by atoms with E-state index >= 15 is 0 Å². The minimum Gasteiger partial charge on any atom is -0.309 e. The average molecular weight is 613 g/mol. The maximum absolute atomic E-state index is 10.1. The van der Waals surface area contributed by atoms with E-state index in [4.69, 9.17) is 0 Å². The summed E-state index contributed by atoms with van der Waals surface area (Å²) in [6, 6.07) is 51.0. The van der Waals surface area contributed by atoms with Gasteiger partial charge in [0.15, 0.2) is 0 Å². The van der Waals surface area contributed by atoms with Crippen LogP contribution < -0.4 is 0 Å². The molecule has 4 nitrogen and oxygen atoms in total. The van der Waals surface area contributed by atoms with Gasteiger partial charge in [-0.1, -0.05) is 91.0 Å². The number of aromatic nitrogens is 2. The summed E-state index contributed by atoms with van der Waals surface area (Å²) >= 11 is 0. The van der Waals surface area contributed by atoms with E-state index in [2.05, 4.69) is 137 Å². The van der Waals surface area contributed by atoms with Crippen molar-refractivity contribution in [2.45, 2.75) is 12.8 Å². The largest absolute Gasteiger partial charge is 0.309 e. The first-order chi connectivity index (χ1) is 23.7. The molecule has 1 aliphatic rings. The molecule has 6 aromatic carbocycles. The Balaban J connectivity index is 1.26. The van der Waals surface area contributed by atoms with E-state index in [1.807, 2.05) is 12.1 Å². The second-order valence-electron chi connectivity index (χ2n) is 12.3. The molecular formula is C44H28N4. The molecule has 0 fully saturated rings. The van der Waals surface area contributed by atoms with Gasteiger partial charge in [-0.15, -0.1) is 0 Å². The number of hydrogen-bond acceptors (Lipinski definition) is 2. The van der Waals surface area contributed by atoms with E-state index in [0.717, 1.165) is 57.5 Å². The molecule has 2 heterocycles. The van der Waals surface area contributed by atoms with Crippen molar-refractivity contribution < 1.29 is 0 Å². The zero-order valence-electron chi connectivity index (χ0n) is 26.1. The molecule has 0 N–H and O–H groups in total. The van der Waals surface area contributed by atoms with Gasteiger partial charge in [-0.25, -0.2) is 0 Å². The lowest BCUT2D eigenvalue weighted by molar-refractivity contribution is 0.968. The number of nitrogens with zero attached hydrogens (tertiary/aromatic N) is 4. The van der Waals surface area contributed by atoms with Crippen LogP contribution in [0.5, 0.6) is 0 Å². The highest BCUT2D eigenvalue weighted by atomic mass is 15.0. The van der Waals surface area contributed by atoms with Gasteiger partial charge < -0.3 is 9.13 Å². The van der Waals surface area contributed by atoms with Crippen molar-refractivity contribution in [3.63, 3.8) is 0 Å². The minimum absolute atomic E-state index is 0.499. The summed E-state index contributed by atoms with van der Waals surface area (Å²) in [6.45, 7) is 0. The van der Waals surface area contributed by atoms with Crippen LogP contribution in [0.3, 0.4) is 0 Å². The SMILES string of the molecule is N#Cc1cccc(C#N)c1-c1cccc2c3c(n(-c4cccc(-c5cccc(-n6c7ccccc7c7ccccc76)c5)c4)c12)C=CCC3. The van der Waals surface area contributed by atoms with Gasteiger partial charge in [0.1, 0.15) is 0 Å². The third-order valence-corrected chi connectivity index (χ3v) is 9.67. The molecule has 2 aromatic heterocycles. The van der Waals surface area contributed by atoms with Gasteiger partial charge in [-0.05, 0) is 84.1 Å². The second kappa shape index (κ2) is 11.0. The zero-order valence-corrected chi connectivity index (χ0v) is 26.1. The number of nitriles is 2. The molecule has 0 saturated heterocycles. The first-order valence-corrected chi connectivity index (χ1v) is 16.2. The number of hydrogen-bond donors (Lipinski definition) is 0. The normalized spacial score (nSPS) is 12.3. The van der Waals surface area contributed by atoms with Crippen LogP contribution in [0.25, 0.3) is 72.4 Å². The molecular weight excluding hydrogens is 585 g/mol. The Morgan fingerprint density at radius 2 is 1.10 bits per heavy atom. The molecule has 0 aliphatic heterocycles. The van der Waals surface area contributed by atoms with Crippen LogP contribution in [-0.2, 0) is 6.42 Å². The highest BCUT2D eigenvalue weighted by Crippen LogP contribution is 2.42. The lowest BCUT2D eigenvalue weighted by Gasteiger charge is -2.16. The van der Waals surface area contributed by atoms with Crippen LogP contribution in [0, 0.1) is 22.7 Å². The Kier molecular flexibility index (Phi) is 6.35. The second-order valence-corrected chi connectivity index (χ2v) is 12.3. The Bertz CT molecular complexity index is 2620. The predicted octanol–water partition coefficient (Wildman–Crippen LogP) is 10.8. The quantitative estimate of drug-likeness (QED) is 0.199. The molecule has 0 spiro atoms. The van der Waals surface area contributed by atoms with Crippen molar-refractivity contribution in [1.29, 1.82) is 10.5 Å². The van der Waals surface area contributed by atoms with E-state index < -0.39 is 0 Å². The van der Waals surface area contributed by atoms with E-state index in [1.165, 1.54) is 27.4 Å². The van der Waals surface area contributed by atoms with Crippen LogP contribution in [0.15, 0.2) is 140 Å². The Hall–Kier alpha value is -6.62. The van der Waals surface area contributed by atoms with Gasteiger partial charge in [0.05, 0.1) is 39.8 Å². The van der Waals surface area contributed by atoms with Crippen LogP contribution in [0.1, 0.15) is 28.8 Å². The molecule has 0 unspecified atom stereocenters. The lowest BCUT2D eigenvalue weighted by Crippen LogP contribution is -2.02. The highest BCUT2D eigenvalue weighted by Gasteiger charge is 2.23. The van der Waals surface area contributed by atoms with Crippen molar-refractivity contribution in [2.24, 2.45) is 0 Å². The number of aryl methyl sites for hydroxylation is 1. The average Bonchev–Trinajstić information content (AvgIpc) is 3.68. The fourth-order valence-electron chi connectivity index (χ4n) is 7.63. The molecule has 1 aliphatic carbocycles. The summed E-state index contributed by atoms with van der Waals surface area (Å²) in [5.74, 6) is 0.